The summed E-state index contributed by atoms with van der Waals surface area (Å²) in [6.45, 7) is 1.58. The molecule has 4 nitrogen and oxygen atoms in total. The molecule has 17 heavy (non-hydrogen) atoms. The molecule has 5 heteroatoms. The number of carboxylic acids is 1. The predicted octanol–water partition coefficient (Wildman–Crippen LogP) is 2.88. The lowest BCUT2D eigenvalue weighted by Crippen LogP contribution is -2.25. The number of halogens is 1. The van der Waals surface area contributed by atoms with E-state index >= 15 is 0 Å². The molecule has 0 saturated heterocycles. The second kappa shape index (κ2) is 4.71. The van der Waals surface area contributed by atoms with Gasteiger partial charge in [0.2, 0.25) is 0 Å². The van der Waals surface area contributed by atoms with E-state index in [9.17, 15) is 4.79 Å². The highest BCUT2D eigenvalue weighted by molar-refractivity contribution is 9.10. The maximum absolute atomic E-state index is 10.8. The predicted molar refractivity (Wildman–Crippen MR) is 70.2 cm³/mol. The number of pyridine rings is 1. The molecule has 0 amide bonds. The molecule has 0 bridgehead atoms. The quantitative estimate of drug-likeness (QED) is 0.914. The summed E-state index contributed by atoms with van der Waals surface area (Å²) in [7, 11) is 0. The number of carboxylic acid groups (broad SMARTS) is 1. The van der Waals surface area contributed by atoms with Gasteiger partial charge in [-0.05, 0) is 30.5 Å². The van der Waals surface area contributed by atoms with E-state index in [0.29, 0.717) is 5.82 Å². The van der Waals surface area contributed by atoms with Gasteiger partial charge in [0, 0.05) is 16.1 Å². The monoisotopic (exact) mass is 294 g/mol. The first-order valence-electron chi connectivity index (χ1n) is 5.11. The third-order valence-corrected chi connectivity index (χ3v) is 2.95. The van der Waals surface area contributed by atoms with Crippen molar-refractivity contribution in [3.63, 3.8) is 0 Å². The lowest BCUT2D eigenvalue weighted by Gasteiger charge is -2.12. The molecule has 0 saturated carbocycles. The molecule has 0 aliphatic carbocycles. The summed E-state index contributed by atoms with van der Waals surface area (Å²) in [5, 5.41) is 13.7. The lowest BCUT2D eigenvalue weighted by atomic mass is 10.1. The fourth-order valence-corrected chi connectivity index (χ4v) is 1.88. The van der Waals surface area contributed by atoms with Crippen molar-refractivity contribution in [2.24, 2.45) is 0 Å². The van der Waals surface area contributed by atoms with E-state index in [1.54, 1.807) is 13.1 Å². The zero-order chi connectivity index (χ0) is 12.4. The molecule has 0 aliphatic rings. The number of benzene rings is 1. The normalized spacial score (nSPS) is 12.4. The largest absolute Gasteiger partial charge is 0.480 e. The summed E-state index contributed by atoms with van der Waals surface area (Å²) >= 11 is 3.39. The molecule has 1 heterocycles. The maximum Gasteiger partial charge on any atom is 0.325 e. The number of aromatic nitrogens is 1. The van der Waals surface area contributed by atoms with Gasteiger partial charge in [-0.3, -0.25) is 4.79 Å². The second-order valence-electron chi connectivity index (χ2n) is 3.73. The van der Waals surface area contributed by atoms with Crippen molar-refractivity contribution in [3.05, 3.63) is 34.9 Å². The van der Waals surface area contributed by atoms with E-state index in [2.05, 4.69) is 26.2 Å². The van der Waals surface area contributed by atoms with Crippen LogP contribution in [0.2, 0.25) is 0 Å². The number of hydrogen-bond donors (Lipinski definition) is 2. The van der Waals surface area contributed by atoms with Crippen molar-refractivity contribution >= 4 is 38.5 Å². The lowest BCUT2D eigenvalue weighted by molar-refractivity contribution is -0.137. The van der Waals surface area contributed by atoms with Crippen molar-refractivity contribution in [2.75, 3.05) is 5.32 Å². The number of aliphatic carboxylic acids is 1. The summed E-state index contributed by atoms with van der Waals surface area (Å²) in [4.78, 5) is 15.0. The minimum atomic E-state index is -0.904. The van der Waals surface area contributed by atoms with Crippen molar-refractivity contribution in [3.8, 4) is 0 Å². The van der Waals surface area contributed by atoms with Gasteiger partial charge in [0.15, 0.2) is 0 Å². The van der Waals surface area contributed by atoms with Gasteiger partial charge in [0.25, 0.3) is 0 Å². The molecule has 0 fully saturated rings. The Labute approximate surface area is 107 Å². The number of nitrogens with one attached hydrogen (secondary N) is 1. The van der Waals surface area contributed by atoms with E-state index in [1.165, 1.54) is 0 Å². The Morgan fingerprint density at radius 3 is 2.94 bits per heavy atom. The molecule has 0 radical (unpaired) electrons. The minimum absolute atomic E-state index is 0.582. The van der Waals surface area contributed by atoms with E-state index in [1.807, 2.05) is 24.3 Å². The van der Waals surface area contributed by atoms with Gasteiger partial charge < -0.3 is 10.4 Å². The fraction of sp³-hybridized carbons (Fsp3) is 0.167. The molecule has 2 rings (SSSR count). The number of hydrogen-bond acceptors (Lipinski definition) is 3. The average molecular weight is 295 g/mol. The smallest absolute Gasteiger partial charge is 0.325 e. The van der Waals surface area contributed by atoms with Crippen LogP contribution in [0.4, 0.5) is 5.82 Å². The Kier molecular flexibility index (Phi) is 3.28. The summed E-state index contributed by atoms with van der Waals surface area (Å²) in [5.41, 5.74) is 0. The highest BCUT2D eigenvalue weighted by atomic mass is 79.9. The zero-order valence-electron chi connectivity index (χ0n) is 9.14. The molecule has 0 aliphatic heterocycles. The maximum atomic E-state index is 10.8. The van der Waals surface area contributed by atoms with Crippen LogP contribution in [0.5, 0.6) is 0 Å². The van der Waals surface area contributed by atoms with Crippen LogP contribution in [-0.2, 0) is 4.79 Å². The number of anilines is 1. The van der Waals surface area contributed by atoms with E-state index in [4.69, 9.17) is 5.11 Å². The molecular weight excluding hydrogens is 284 g/mol. The Morgan fingerprint density at radius 2 is 2.24 bits per heavy atom. The van der Waals surface area contributed by atoms with Crippen LogP contribution >= 0.6 is 15.9 Å². The van der Waals surface area contributed by atoms with Gasteiger partial charge in [-0.1, -0.05) is 22.0 Å². The van der Waals surface area contributed by atoms with Crippen LogP contribution in [-0.4, -0.2) is 22.1 Å². The Hall–Kier alpha value is -1.62. The van der Waals surface area contributed by atoms with E-state index < -0.39 is 12.0 Å². The number of rotatable bonds is 3. The van der Waals surface area contributed by atoms with Gasteiger partial charge in [-0.2, -0.15) is 0 Å². The van der Waals surface area contributed by atoms with E-state index in [0.717, 1.165) is 15.2 Å². The first-order chi connectivity index (χ1) is 8.08. The highest BCUT2D eigenvalue weighted by Crippen LogP contribution is 2.25. The second-order valence-corrected chi connectivity index (χ2v) is 4.64. The first-order valence-corrected chi connectivity index (χ1v) is 5.91. The third-order valence-electron chi connectivity index (χ3n) is 2.45. The van der Waals surface area contributed by atoms with Crippen LogP contribution in [0.15, 0.2) is 34.9 Å². The topological polar surface area (TPSA) is 62.2 Å². The Balaban J connectivity index is 2.46. The Morgan fingerprint density at radius 1 is 1.47 bits per heavy atom. The minimum Gasteiger partial charge on any atom is -0.480 e. The van der Waals surface area contributed by atoms with Crippen molar-refractivity contribution in [1.29, 1.82) is 0 Å². The molecule has 1 aromatic heterocycles. The molecule has 2 N–H and O–H groups in total. The average Bonchev–Trinajstić information content (AvgIpc) is 2.29. The molecule has 0 spiro atoms. The summed E-state index contributed by atoms with van der Waals surface area (Å²) in [5.74, 6) is -0.322. The standard InChI is InChI=1S/C12H11BrN2O2/c1-7(12(16)17)15-11-10-6-9(13)3-2-8(10)4-5-14-11/h2-7H,1H3,(H,14,15)(H,16,17). The van der Waals surface area contributed by atoms with Crippen LogP contribution < -0.4 is 5.32 Å². The van der Waals surface area contributed by atoms with Crippen LogP contribution in [0, 0.1) is 0 Å². The SMILES string of the molecule is CC(Nc1nccc2ccc(Br)cc12)C(=O)O. The summed E-state index contributed by atoms with van der Waals surface area (Å²) in [6.07, 6.45) is 1.66. The molecular formula is C12H11BrN2O2. The Bertz CT molecular complexity index is 571. The van der Waals surface area contributed by atoms with Gasteiger partial charge in [-0.25, -0.2) is 4.98 Å². The van der Waals surface area contributed by atoms with Crippen LogP contribution in [0.25, 0.3) is 10.8 Å². The van der Waals surface area contributed by atoms with E-state index in [-0.39, 0.29) is 0 Å². The molecule has 88 valence electrons. The number of carbonyl (C=O) groups is 1. The molecule has 2 aromatic rings. The van der Waals surface area contributed by atoms with Gasteiger partial charge >= 0.3 is 5.97 Å². The van der Waals surface area contributed by atoms with Crippen LogP contribution in [0.3, 0.4) is 0 Å². The summed E-state index contributed by atoms with van der Waals surface area (Å²) in [6, 6.07) is 7.02. The van der Waals surface area contributed by atoms with Crippen molar-refractivity contribution < 1.29 is 9.90 Å². The van der Waals surface area contributed by atoms with Crippen molar-refractivity contribution in [1.82, 2.24) is 4.98 Å². The number of fused-ring (bicyclic) bond motifs is 1. The number of nitrogens with zero attached hydrogens (tertiary/aromatic N) is 1. The molecule has 1 atom stereocenters. The van der Waals surface area contributed by atoms with Crippen LogP contribution in [0.1, 0.15) is 6.92 Å². The highest BCUT2D eigenvalue weighted by Gasteiger charge is 2.12. The summed E-state index contributed by atoms with van der Waals surface area (Å²) < 4.78 is 0.934. The van der Waals surface area contributed by atoms with Gasteiger partial charge in [-0.15, -0.1) is 0 Å². The first kappa shape index (κ1) is 11.9. The zero-order valence-corrected chi connectivity index (χ0v) is 10.7. The molecule has 1 aromatic carbocycles. The fourth-order valence-electron chi connectivity index (χ4n) is 1.52. The van der Waals surface area contributed by atoms with Crippen molar-refractivity contribution in [2.45, 2.75) is 13.0 Å². The van der Waals surface area contributed by atoms with Gasteiger partial charge in [0.1, 0.15) is 11.9 Å². The van der Waals surface area contributed by atoms with Gasteiger partial charge in [0.05, 0.1) is 0 Å². The molecule has 1 unspecified atom stereocenters. The third kappa shape index (κ3) is 2.55.